The summed E-state index contributed by atoms with van der Waals surface area (Å²) in [5, 5.41) is 3.92. The van der Waals surface area contributed by atoms with Crippen molar-refractivity contribution >= 4 is 0 Å². The van der Waals surface area contributed by atoms with E-state index in [4.69, 9.17) is 10.3 Å². The van der Waals surface area contributed by atoms with E-state index in [-0.39, 0.29) is 6.04 Å². The second-order valence-electron chi connectivity index (χ2n) is 4.42. The number of piperidine rings is 1. The van der Waals surface area contributed by atoms with E-state index in [1.807, 2.05) is 6.92 Å². The van der Waals surface area contributed by atoms with E-state index in [0.717, 1.165) is 25.4 Å². The second kappa shape index (κ2) is 4.93. The maximum absolute atomic E-state index is 5.73. The molecule has 5 nitrogen and oxygen atoms in total. The van der Waals surface area contributed by atoms with Crippen molar-refractivity contribution in [3.63, 3.8) is 0 Å². The molecule has 0 amide bonds. The van der Waals surface area contributed by atoms with Gasteiger partial charge in [0, 0.05) is 0 Å². The fourth-order valence-corrected chi connectivity index (χ4v) is 2.22. The van der Waals surface area contributed by atoms with Gasteiger partial charge in [0.15, 0.2) is 5.82 Å². The molecule has 5 heteroatoms. The first-order chi connectivity index (χ1) is 7.72. The monoisotopic (exact) mass is 224 g/mol. The van der Waals surface area contributed by atoms with Gasteiger partial charge in [-0.25, -0.2) is 0 Å². The fraction of sp³-hybridized carbons (Fsp3) is 0.818. The van der Waals surface area contributed by atoms with Gasteiger partial charge < -0.3 is 10.3 Å². The molecule has 0 radical (unpaired) electrons. The molecular formula is C11H20N4O. The summed E-state index contributed by atoms with van der Waals surface area (Å²) >= 11 is 0. The lowest BCUT2D eigenvalue weighted by Crippen LogP contribution is -2.33. The molecule has 1 aliphatic heterocycles. The summed E-state index contributed by atoms with van der Waals surface area (Å²) in [7, 11) is 0. The van der Waals surface area contributed by atoms with Crippen molar-refractivity contribution in [2.24, 2.45) is 5.73 Å². The Balaban J connectivity index is 2.14. The average Bonchev–Trinajstić information content (AvgIpc) is 2.78. The minimum absolute atomic E-state index is 0.156. The summed E-state index contributed by atoms with van der Waals surface area (Å²) in [5.41, 5.74) is 5.73. The lowest BCUT2D eigenvalue weighted by molar-refractivity contribution is 0.125. The molecule has 0 saturated carbocycles. The molecule has 1 aromatic heterocycles. The molecule has 2 rings (SSSR count). The highest BCUT2D eigenvalue weighted by molar-refractivity contribution is 4.97. The Morgan fingerprint density at radius 3 is 3.00 bits per heavy atom. The van der Waals surface area contributed by atoms with Crippen LogP contribution in [0.1, 0.15) is 56.9 Å². The smallest absolute Gasteiger partial charge is 0.244 e. The molecule has 2 unspecified atom stereocenters. The zero-order valence-electron chi connectivity index (χ0n) is 10.0. The van der Waals surface area contributed by atoms with Crippen molar-refractivity contribution in [1.29, 1.82) is 0 Å². The maximum Gasteiger partial charge on any atom is 0.244 e. The summed E-state index contributed by atoms with van der Waals surface area (Å²) in [6.07, 6.45) is 3.60. The first kappa shape index (κ1) is 11.5. The predicted molar refractivity (Wildman–Crippen MR) is 60.7 cm³/mol. The molecule has 0 bridgehead atoms. The Labute approximate surface area is 96.0 Å². The minimum Gasteiger partial charge on any atom is -0.338 e. The molecule has 2 N–H and O–H groups in total. The van der Waals surface area contributed by atoms with Crippen LogP contribution < -0.4 is 5.73 Å². The Morgan fingerprint density at radius 1 is 1.56 bits per heavy atom. The van der Waals surface area contributed by atoms with Crippen molar-refractivity contribution < 1.29 is 4.52 Å². The van der Waals surface area contributed by atoms with Crippen LogP contribution in [0, 0.1) is 0 Å². The van der Waals surface area contributed by atoms with Crippen LogP contribution in [-0.4, -0.2) is 28.1 Å². The van der Waals surface area contributed by atoms with Gasteiger partial charge >= 0.3 is 0 Å². The average molecular weight is 224 g/mol. The predicted octanol–water partition coefficient (Wildman–Crippen LogP) is 1.64. The van der Waals surface area contributed by atoms with Crippen molar-refractivity contribution in [2.45, 2.75) is 45.2 Å². The van der Waals surface area contributed by atoms with Crippen molar-refractivity contribution in [3.8, 4) is 0 Å². The Kier molecular flexibility index (Phi) is 3.56. The number of hydrogen-bond donors (Lipinski definition) is 1. The quantitative estimate of drug-likeness (QED) is 0.845. The van der Waals surface area contributed by atoms with Crippen molar-refractivity contribution in [2.75, 3.05) is 13.1 Å². The zero-order valence-corrected chi connectivity index (χ0v) is 10.0. The van der Waals surface area contributed by atoms with E-state index in [2.05, 4.69) is 22.0 Å². The van der Waals surface area contributed by atoms with Gasteiger partial charge in [-0.15, -0.1) is 0 Å². The topological polar surface area (TPSA) is 68.2 Å². The van der Waals surface area contributed by atoms with Gasteiger partial charge in [-0.05, 0) is 32.9 Å². The number of rotatable bonds is 3. The number of likely N-dealkylation sites (tertiary alicyclic amines) is 1. The van der Waals surface area contributed by atoms with E-state index in [1.54, 1.807) is 0 Å². The van der Waals surface area contributed by atoms with Crippen LogP contribution in [0.25, 0.3) is 0 Å². The molecule has 90 valence electrons. The molecule has 16 heavy (non-hydrogen) atoms. The molecule has 1 fully saturated rings. The highest BCUT2D eigenvalue weighted by atomic mass is 16.5. The molecule has 1 aromatic rings. The van der Waals surface area contributed by atoms with Gasteiger partial charge in [-0.3, -0.25) is 4.90 Å². The molecule has 0 aliphatic carbocycles. The molecule has 0 aromatic carbocycles. The van der Waals surface area contributed by atoms with Crippen LogP contribution in [0.2, 0.25) is 0 Å². The third-order valence-corrected chi connectivity index (χ3v) is 3.17. The van der Waals surface area contributed by atoms with E-state index in [1.165, 1.54) is 12.8 Å². The number of nitrogens with zero attached hydrogens (tertiary/aromatic N) is 3. The van der Waals surface area contributed by atoms with Crippen LogP contribution in [0.4, 0.5) is 0 Å². The van der Waals surface area contributed by atoms with E-state index >= 15 is 0 Å². The third kappa shape index (κ3) is 2.25. The van der Waals surface area contributed by atoms with E-state index < -0.39 is 0 Å². The van der Waals surface area contributed by atoms with Gasteiger partial charge in [-0.1, -0.05) is 18.5 Å². The highest BCUT2D eigenvalue weighted by Crippen LogP contribution is 2.29. The van der Waals surface area contributed by atoms with Gasteiger partial charge in [0.25, 0.3) is 0 Å². The molecule has 2 heterocycles. The Bertz CT molecular complexity index is 336. The first-order valence-electron chi connectivity index (χ1n) is 6.05. The van der Waals surface area contributed by atoms with Crippen LogP contribution in [-0.2, 0) is 0 Å². The summed E-state index contributed by atoms with van der Waals surface area (Å²) in [6, 6.07) is 0.134. The minimum atomic E-state index is -0.156. The van der Waals surface area contributed by atoms with Crippen LogP contribution in [0.15, 0.2) is 4.52 Å². The summed E-state index contributed by atoms with van der Waals surface area (Å²) in [4.78, 5) is 6.78. The molecule has 1 aliphatic rings. The van der Waals surface area contributed by atoms with E-state index in [0.29, 0.717) is 11.9 Å². The van der Waals surface area contributed by atoms with Gasteiger partial charge in [-0.2, -0.15) is 4.98 Å². The van der Waals surface area contributed by atoms with Crippen molar-refractivity contribution in [1.82, 2.24) is 15.0 Å². The number of hydrogen-bond acceptors (Lipinski definition) is 5. The highest BCUT2D eigenvalue weighted by Gasteiger charge is 2.27. The molecular weight excluding hydrogens is 204 g/mol. The van der Waals surface area contributed by atoms with Crippen LogP contribution in [0.3, 0.4) is 0 Å². The standard InChI is InChI=1S/C11H20N4O/c1-3-15-7-5-4-6-9(15)11-13-10(8(2)12)14-16-11/h8-9H,3-7,12H2,1-2H3. The Morgan fingerprint density at radius 2 is 2.38 bits per heavy atom. The molecule has 0 spiro atoms. The largest absolute Gasteiger partial charge is 0.338 e. The normalized spacial score (nSPS) is 24.6. The number of nitrogens with two attached hydrogens (primary N) is 1. The van der Waals surface area contributed by atoms with E-state index in [9.17, 15) is 0 Å². The summed E-state index contributed by atoms with van der Waals surface area (Å²) in [6.45, 7) is 6.19. The second-order valence-corrected chi connectivity index (χ2v) is 4.42. The van der Waals surface area contributed by atoms with Crippen molar-refractivity contribution in [3.05, 3.63) is 11.7 Å². The zero-order chi connectivity index (χ0) is 11.5. The van der Waals surface area contributed by atoms with Gasteiger partial charge in [0.1, 0.15) is 0 Å². The van der Waals surface area contributed by atoms with Crippen LogP contribution in [0.5, 0.6) is 0 Å². The lowest BCUT2D eigenvalue weighted by Gasteiger charge is -2.32. The first-order valence-corrected chi connectivity index (χ1v) is 6.05. The summed E-state index contributed by atoms with van der Waals surface area (Å²) in [5.74, 6) is 1.34. The molecule has 2 atom stereocenters. The summed E-state index contributed by atoms with van der Waals surface area (Å²) < 4.78 is 5.31. The van der Waals surface area contributed by atoms with Gasteiger partial charge in [0.05, 0.1) is 12.1 Å². The van der Waals surface area contributed by atoms with Crippen LogP contribution >= 0.6 is 0 Å². The fourth-order valence-electron chi connectivity index (χ4n) is 2.22. The number of aromatic nitrogens is 2. The SMILES string of the molecule is CCN1CCCCC1c1nc(C(C)N)no1. The third-order valence-electron chi connectivity index (χ3n) is 3.17. The Hall–Kier alpha value is -0.940. The lowest BCUT2D eigenvalue weighted by atomic mass is 10.0. The maximum atomic E-state index is 5.73. The van der Waals surface area contributed by atoms with Gasteiger partial charge in [0.2, 0.25) is 5.89 Å². The molecule has 1 saturated heterocycles.